The van der Waals surface area contributed by atoms with E-state index in [0.29, 0.717) is 0 Å². The summed E-state index contributed by atoms with van der Waals surface area (Å²) in [6.07, 6.45) is 11.8. The van der Waals surface area contributed by atoms with Crippen molar-refractivity contribution in [3.8, 4) is 17.1 Å². The number of anilines is 1. The van der Waals surface area contributed by atoms with Crippen LogP contribution in [-0.4, -0.2) is 40.8 Å². The first-order valence-corrected chi connectivity index (χ1v) is 15.1. The Kier molecular flexibility index (Phi) is 5.86. The van der Waals surface area contributed by atoms with Crippen LogP contribution in [0.25, 0.3) is 26.7 Å². The molecule has 0 bridgehead atoms. The van der Waals surface area contributed by atoms with Gasteiger partial charge < -0.3 is 20.4 Å². The zero-order valence-corrected chi connectivity index (χ0v) is 22.8. The van der Waals surface area contributed by atoms with E-state index in [2.05, 4.69) is 81.2 Å². The fraction of sp³-hybridized carbons (Fsp3) is 0.267. The summed E-state index contributed by atoms with van der Waals surface area (Å²) < 4.78 is 10.7. The normalized spacial score (nSPS) is 18.5. The summed E-state index contributed by atoms with van der Waals surface area (Å²) in [5, 5.41) is 1.08. The Balaban J connectivity index is 1.32. The highest BCUT2D eigenvalue weighted by Crippen LogP contribution is 2.39. The standard InChI is InChI=1S/C30H30IN5O/c32-30(12-2-13-30)23-5-7-24(8-6-23)36-28-27(34-29(36)22-11-14-33-20-22)10-9-26(31-28)21-3-1-4-25(19-21)35-15-17-37-18-16-35/h1,3-11,14,19-20,33H,2,12-13,15-18,32H2. The lowest BCUT2D eigenvalue weighted by Crippen LogP contribution is -2.43. The lowest BCUT2D eigenvalue weighted by Gasteiger charge is -2.38. The van der Waals surface area contributed by atoms with Crippen LogP contribution in [0.3, 0.4) is 0 Å². The molecule has 3 aliphatic rings. The molecule has 4 heterocycles. The molecular weight excluding hydrogens is 573 g/mol. The molecule has 0 spiro atoms. The lowest BCUT2D eigenvalue weighted by molar-refractivity contribution is 0.122. The third kappa shape index (κ3) is 4.19. The molecule has 0 radical (unpaired) electrons. The minimum Gasteiger partial charge on any atom is -0.378 e. The summed E-state index contributed by atoms with van der Waals surface area (Å²) in [6, 6.07) is 20.0. The van der Waals surface area contributed by atoms with Gasteiger partial charge in [-0.05, 0) is 72.9 Å². The molecule has 7 heteroatoms. The second-order valence-corrected chi connectivity index (χ2v) is 12.8. The number of imidazole rings is 1. The minimum absolute atomic E-state index is 0.154. The van der Waals surface area contributed by atoms with E-state index in [-0.39, 0.29) is 5.54 Å². The highest BCUT2D eigenvalue weighted by Gasteiger charge is 2.34. The molecule has 0 atom stereocenters. The maximum Gasteiger partial charge on any atom is 0.147 e. The van der Waals surface area contributed by atoms with Crippen molar-refractivity contribution in [1.29, 1.82) is 0 Å². The number of nitrogens with zero attached hydrogens (tertiary/aromatic N) is 3. The van der Waals surface area contributed by atoms with Gasteiger partial charge in [0.2, 0.25) is 0 Å². The van der Waals surface area contributed by atoms with Crippen LogP contribution in [-0.2, 0) is 10.3 Å². The Hall–Kier alpha value is -3.01. The third-order valence-corrected chi connectivity index (χ3v) is 10.8. The van der Waals surface area contributed by atoms with E-state index in [0.717, 1.165) is 61.6 Å². The molecule has 37 heavy (non-hydrogen) atoms. The molecule has 2 aromatic carbocycles. The SMILES string of the molecule is NC1(c2ccc(-n3c(-c4cc[nH]c4)nc4c3=IC(c3cccc(N5CCOCC5)c3)=CC=4)cc2)CCC1. The van der Waals surface area contributed by atoms with E-state index in [1.54, 1.807) is 0 Å². The van der Waals surface area contributed by atoms with Gasteiger partial charge in [-0.15, -0.1) is 0 Å². The second kappa shape index (κ2) is 9.38. The quantitative estimate of drug-likeness (QED) is 0.312. The number of H-pyrrole nitrogens is 1. The van der Waals surface area contributed by atoms with Gasteiger partial charge in [-0.2, -0.15) is 0 Å². The molecule has 7 rings (SSSR count). The van der Waals surface area contributed by atoms with E-state index in [1.165, 1.54) is 30.1 Å². The summed E-state index contributed by atoms with van der Waals surface area (Å²) in [6.45, 7) is 3.48. The zero-order valence-electron chi connectivity index (χ0n) is 20.7. The van der Waals surface area contributed by atoms with Gasteiger partial charge in [0, 0.05) is 51.5 Å². The largest absolute Gasteiger partial charge is 0.378 e. The number of ether oxygens (including phenoxy) is 1. The first kappa shape index (κ1) is 23.1. The van der Waals surface area contributed by atoms with Crippen molar-refractivity contribution in [2.24, 2.45) is 5.73 Å². The Labute approximate surface area is 226 Å². The fourth-order valence-corrected chi connectivity index (χ4v) is 8.28. The Bertz CT molecular complexity index is 1590. The Morgan fingerprint density at radius 2 is 1.78 bits per heavy atom. The number of fused-ring (bicyclic) bond motifs is 1. The van der Waals surface area contributed by atoms with Crippen molar-refractivity contribution in [2.75, 3.05) is 31.2 Å². The van der Waals surface area contributed by atoms with Gasteiger partial charge in [-0.25, -0.2) is 4.98 Å². The molecule has 3 N–H and O–H groups in total. The van der Waals surface area contributed by atoms with Crippen LogP contribution in [0.2, 0.25) is 0 Å². The number of allylic oxidation sites excluding steroid dienone is 1. The number of nitrogens with two attached hydrogens (primary N) is 1. The maximum atomic E-state index is 6.62. The van der Waals surface area contributed by atoms with Crippen LogP contribution in [0.15, 0.2) is 73.1 Å². The maximum absolute atomic E-state index is 6.62. The molecule has 0 unspecified atom stereocenters. The first-order chi connectivity index (χ1) is 18.2. The van der Waals surface area contributed by atoms with Crippen molar-refractivity contribution in [2.45, 2.75) is 24.8 Å². The van der Waals surface area contributed by atoms with Crippen LogP contribution in [0.5, 0.6) is 0 Å². The molecule has 1 aliphatic carbocycles. The monoisotopic (exact) mass is 603 g/mol. The first-order valence-electron chi connectivity index (χ1n) is 13.0. The number of nitrogens with one attached hydrogen (secondary N) is 1. The van der Waals surface area contributed by atoms with Crippen LogP contribution in [0.4, 0.5) is 5.69 Å². The Morgan fingerprint density at radius 3 is 2.51 bits per heavy atom. The number of morpholine rings is 1. The van der Waals surface area contributed by atoms with Gasteiger partial charge in [0.15, 0.2) is 0 Å². The van der Waals surface area contributed by atoms with E-state index in [4.69, 9.17) is 15.5 Å². The summed E-state index contributed by atoms with van der Waals surface area (Å²) in [4.78, 5) is 10.7. The van der Waals surface area contributed by atoms with Gasteiger partial charge >= 0.3 is 0 Å². The fourth-order valence-electron chi connectivity index (χ4n) is 5.40. The number of hydrogen-bond donors (Lipinski definition) is 2. The molecule has 0 amide bonds. The number of halogens is 1. The van der Waals surface area contributed by atoms with Crippen molar-refractivity contribution in [3.05, 3.63) is 92.8 Å². The smallest absolute Gasteiger partial charge is 0.147 e. The molecule has 2 aromatic heterocycles. The molecule has 4 aromatic rings. The van der Waals surface area contributed by atoms with Gasteiger partial charge in [0.25, 0.3) is 0 Å². The van der Waals surface area contributed by atoms with Crippen LogP contribution >= 0.6 is 20.7 Å². The minimum atomic E-state index is -0.456. The molecule has 6 nitrogen and oxygen atoms in total. The van der Waals surface area contributed by atoms with E-state index in [9.17, 15) is 0 Å². The van der Waals surface area contributed by atoms with Crippen molar-refractivity contribution in [3.63, 3.8) is 0 Å². The predicted octanol–water partition coefficient (Wildman–Crippen LogP) is 5.10. The van der Waals surface area contributed by atoms with Crippen molar-refractivity contribution < 1.29 is 4.74 Å². The number of benzene rings is 2. The number of aromatic nitrogens is 3. The van der Waals surface area contributed by atoms with Gasteiger partial charge in [0.1, 0.15) is 9.11 Å². The number of aromatic amines is 1. The average molecular weight is 604 g/mol. The summed E-state index contributed by atoms with van der Waals surface area (Å²) in [5.41, 5.74) is 12.5. The highest BCUT2D eigenvalue weighted by atomic mass is 127. The average Bonchev–Trinajstić information content (AvgIpc) is 3.60. The third-order valence-electron chi connectivity index (χ3n) is 7.73. The molecule has 1 saturated carbocycles. The number of rotatable bonds is 5. The molecular formula is C30H30IN5O. The van der Waals surface area contributed by atoms with E-state index < -0.39 is 20.7 Å². The summed E-state index contributed by atoms with van der Waals surface area (Å²) >= 11 is -0.456. The predicted molar refractivity (Wildman–Crippen MR) is 157 cm³/mol. The van der Waals surface area contributed by atoms with Crippen LogP contribution < -0.4 is 16.0 Å². The topological polar surface area (TPSA) is 72.1 Å². The van der Waals surface area contributed by atoms with Crippen LogP contribution in [0, 0.1) is 3.28 Å². The zero-order chi connectivity index (χ0) is 24.8. The van der Waals surface area contributed by atoms with Gasteiger partial charge in [-0.1, -0.05) is 45.0 Å². The van der Waals surface area contributed by atoms with Crippen molar-refractivity contribution >= 4 is 36.1 Å². The van der Waals surface area contributed by atoms with Crippen LogP contribution in [0.1, 0.15) is 30.4 Å². The van der Waals surface area contributed by atoms with Gasteiger partial charge in [-0.3, -0.25) is 4.57 Å². The summed E-state index contributed by atoms with van der Waals surface area (Å²) in [7, 11) is 0. The summed E-state index contributed by atoms with van der Waals surface area (Å²) in [5.74, 6) is 0.984. The molecule has 1 saturated heterocycles. The molecule has 188 valence electrons. The van der Waals surface area contributed by atoms with Gasteiger partial charge in [0.05, 0.1) is 18.6 Å². The second-order valence-electron chi connectivity index (χ2n) is 10.0. The van der Waals surface area contributed by atoms with E-state index >= 15 is 0 Å². The molecule has 2 fully saturated rings. The number of hydrogen-bond acceptors (Lipinski definition) is 4. The Morgan fingerprint density at radius 1 is 0.946 bits per heavy atom. The highest BCUT2D eigenvalue weighted by molar-refractivity contribution is 14.2. The molecule has 2 aliphatic heterocycles. The lowest BCUT2D eigenvalue weighted by atomic mass is 9.73. The van der Waals surface area contributed by atoms with Crippen molar-refractivity contribution in [1.82, 2.24) is 14.5 Å². The van der Waals surface area contributed by atoms with E-state index in [1.807, 2.05) is 12.4 Å².